The molecule has 0 aliphatic rings. The van der Waals surface area contributed by atoms with Crippen LogP contribution in [0.25, 0.3) is 0 Å². The molecule has 0 unspecified atom stereocenters. The molecule has 3 N–H and O–H groups in total. The lowest BCUT2D eigenvalue weighted by Crippen LogP contribution is -2.16. The van der Waals surface area contributed by atoms with Gasteiger partial charge in [-0.3, -0.25) is 0 Å². The van der Waals surface area contributed by atoms with Gasteiger partial charge in [-0.05, 0) is 42.0 Å². The lowest BCUT2D eigenvalue weighted by atomic mass is 10.2. The molecule has 17 heavy (non-hydrogen) atoms. The molecule has 0 saturated carbocycles. The summed E-state index contributed by atoms with van der Waals surface area (Å²) in [5.74, 6) is 0.295. The zero-order valence-electron chi connectivity index (χ0n) is 9.80. The van der Waals surface area contributed by atoms with Crippen LogP contribution in [-0.4, -0.2) is 12.2 Å². The van der Waals surface area contributed by atoms with Crippen LogP contribution in [0.15, 0.2) is 48.5 Å². The smallest absolute Gasteiger partial charge is 0.115 e. The summed E-state index contributed by atoms with van der Waals surface area (Å²) in [6.45, 7) is 0.796. The van der Waals surface area contributed by atoms with Gasteiger partial charge >= 0.3 is 0 Å². The number of rotatable bonds is 3. The zero-order chi connectivity index (χ0) is 12.3. The van der Waals surface area contributed by atoms with Crippen molar-refractivity contribution in [1.82, 2.24) is 0 Å². The topological polar surface area (TPSA) is 49.5 Å². The van der Waals surface area contributed by atoms with Crippen molar-refractivity contribution in [3.8, 4) is 5.75 Å². The fourth-order valence-electron chi connectivity index (χ4n) is 1.70. The molecule has 88 valence electrons. The Morgan fingerprint density at radius 3 is 2.18 bits per heavy atom. The Hall–Kier alpha value is -2.16. The Morgan fingerprint density at radius 2 is 1.59 bits per heavy atom. The molecular weight excluding hydrogens is 212 g/mol. The standard InChI is InChI=1S/C14H16N2O/c1-16(13-6-4-12(15)5-7-13)10-11-2-8-14(17)9-3-11/h2-9,17H,10,15H2,1H3. The highest BCUT2D eigenvalue weighted by molar-refractivity contribution is 5.52. The molecule has 3 heteroatoms. The van der Waals surface area contributed by atoms with Crippen molar-refractivity contribution in [3.05, 3.63) is 54.1 Å². The second-order valence-corrected chi connectivity index (χ2v) is 4.11. The van der Waals surface area contributed by atoms with Crippen LogP contribution in [-0.2, 0) is 6.54 Å². The largest absolute Gasteiger partial charge is 0.508 e. The number of hydrogen-bond acceptors (Lipinski definition) is 3. The highest BCUT2D eigenvalue weighted by Gasteiger charge is 2.01. The maximum atomic E-state index is 9.21. The molecule has 0 aromatic heterocycles. The molecule has 0 amide bonds. The Kier molecular flexibility index (Phi) is 3.19. The predicted molar refractivity (Wildman–Crippen MR) is 71.1 cm³/mol. The Morgan fingerprint density at radius 1 is 1.00 bits per heavy atom. The van der Waals surface area contributed by atoms with E-state index in [0.29, 0.717) is 5.75 Å². The molecule has 3 nitrogen and oxygen atoms in total. The van der Waals surface area contributed by atoms with E-state index >= 15 is 0 Å². The molecule has 2 aromatic rings. The van der Waals surface area contributed by atoms with Crippen molar-refractivity contribution in [2.75, 3.05) is 17.7 Å². The minimum absolute atomic E-state index is 0.295. The van der Waals surface area contributed by atoms with Crippen molar-refractivity contribution in [3.63, 3.8) is 0 Å². The summed E-state index contributed by atoms with van der Waals surface area (Å²) in [4.78, 5) is 2.13. The van der Waals surface area contributed by atoms with Gasteiger partial charge in [-0.2, -0.15) is 0 Å². The van der Waals surface area contributed by atoms with E-state index < -0.39 is 0 Å². The van der Waals surface area contributed by atoms with E-state index in [9.17, 15) is 5.11 Å². The Balaban J connectivity index is 2.08. The van der Waals surface area contributed by atoms with Gasteiger partial charge in [0.05, 0.1) is 0 Å². The van der Waals surface area contributed by atoms with Gasteiger partial charge < -0.3 is 15.7 Å². The van der Waals surface area contributed by atoms with Crippen LogP contribution in [0.1, 0.15) is 5.56 Å². The first kappa shape index (κ1) is 11.3. The fourth-order valence-corrected chi connectivity index (χ4v) is 1.70. The molecular formula is C14H16N2O. The second-order valence-electron chi connectivity index (χ2n) is 4.11. The number of nitrogen functional groups attached to an aromatic ring is 1. The number of benzene rings is 2. The van der Waals surface area contributed by atoms with Gasteiger partial charge in [0.15, 0.2) is 0 Å². The van der Waals surface area contributed by atoms with Gasteiger partial charge in [0.25, 0.3) is 0 Å². The van der Waals surface area contributed by atoms with Crippen LogP contribution >= 0.6 is 0 Å². The first-order chi connectivity index (χ1) is 8.15. The molecule has 2 rings (SSSR count). The fraction of sp³-hybridized carbons (Fsp3) is 0.143. The predicted octanol–water partition coefficient (Wildman–Crippen LogP) is 2.61. The number of anilines is 2. The van der Waals surface area contributed by atoms with E-state index in [2.05, 4.69) is 4.90 Å². The van der Waals surface area contributed by atoms with Gasteiger partial charge in [-0.15, -0.1) is 0 Å². The summed E-state index contributed by atoms with van der Waals surface area (Å²) in [5, 5.41) is 9.21. The average molecular weight is 228 g/mol. The molecule has 0 atom stereocenters. The monoisotopic (exact) mass is 228 g/mol. The van der Waals surface area contributed by atoms with Gasteiger partial charge in [-0.25, -0.2) is 0 Å². The first-order valence-electron chi connectivity index (χ1n) is 5.50. The van der Waals surface area contributed by atoms with Crippen molar-refractivity contribution in [2.45, 2.75) is 6.54 Å². The molecule has 2 aromatic carbocycles. The van der Waals surface area contributed by atoms with E-state index in [-0.39, 0.29) is 0 Å². The van der Waals surface area contributed by atoms with Crippen LogP contribution in [0.4, 0.5) is 11.4 Å². The summed E-state index contributed by atoms with van der Waals surface area (Å²) in [5.41, 5.74) is 8.69. The van der Waals surface area contributed by atoms with Crippen molar-refractivity contribution < 1.29 is 5.11 Å². The molecule has 0 fully saturated rings. The highest BCUT2D eigenvalue weighted by atomic mass is 16.3. The minimum Gasteiger partial charge on any atom is -0.508 e. The zero-order valence-corrected chi connectivity index (χ0v) is 9.80. The van der Waals surface area contributed by atoms with E-state index in [1.165, 1.54) is 0 Å². The third kappa shape index (κ3) is 2.91. The SMILES string of the molecule is CN(Cc1ccc(O)cc1)c1ccc(N)cc1. The van der Waals surface area contributed by atoms with Gasteiger partial charge in [0.2, 0.25) is 0 Å². The quantitative estimate of drug-likeness (QED) is 0.794. The highest BCUT2D eigenvalue weighted by Crippen LogP contribution is 2.18. The lowest BCUT2D eigenvalue weighted by molar-refractivity contribution is 0.475. The Bertz CT molecular complexity index is 477. The number of nitrogens with two attached hydrogens (primary N) is 1. The normalized spacial score (nSPS) is 10.2. The van der Waals surface area contributed by atoms with Gasteiger partial charge in [-0.1, -0.05) is 12.1 Å². The average Bonchev–Trinajstić information content (AvgIpc) is 2.33. The maximum absolute atomic E-state index is 9.21. The molecule has 0 heterocycles. The third-order valence-corrected chi connectivity index (χ3v) is 2.69. The van der Waals surface area contributed by atoms with Gasteiger partial charge in [0, 0.05) is 25.0 Å². The minimum atomic E-state index is 0.295. The molecule has 0 bridgehead atoms. The summed E-state index contributed by atoms with van der Waals surface area (Å²) >= 11 is 0. The molecule has 0 radical (unpaired) electrons. The number of aromatic hydroxyl groups is 1. The Labute approximate surface area is 101 Å². The maximum Gasteiger partial charge on any atom is 0.115 e. The molecule has 0 aliphatic carbocycles. The van der Waals surface area contributed by atoms with Gasteiger partial charge in [0.1, 0.15) is 5.75 Å². The van der Waals surface area contributed by atoms with Crippen LogP contribution < -0.4 is 10.6 Å². The summed E-state index contributed by atoms with van der Waals surface area (Å²) in [6, 6.07) is 15.0. The summed E-state index contributed by atoms with van der Waals surface area (Å²) < 4.78 is 0. The third-order valence-electron chi connectivity index (χ3n) is 2.69. The van der Waals surface area contributed by atoms with Crippen LogP contribution in [0.2, 0.25) is 0 Å². The lowest BCUT2D eigenvalue weighted by Gasteiger charge is -2.19. The van der Waals surface area contributed by atoms with Crippen molar-refractivity contribution >= 4 is 11.4 Å². The van der Waals surface area contributed by atoms with Crippen molar-refractivity contribution in [1.29, 1.82) is 0 Å². The van der Waals surface area contributed by atoms with Crippen LogP contribution in [0.5, 0.6) is 5.75 Å². The van der Waals surface area contributed by atoms with Crippen LogP contribution in [0.3, 0.4) is 0 Å². The number of nitrogens with zero attached hydrogens (tertiary/aromatic N) is 1. The van der Waals surface area contributed by atoms with E-state index in [4.69, 9.17) is 5.73 Å². The first-order valence-corrected chi connectivity index (χ1v) is 5.50. The molecule has 0 aliphatic heterocycles. The molecule has 0 saturated heterocycles. The number of phenols is 1. The number of phenolic OH excluding ortho intramolecular Hbond substituents is 1. The van der Waals surface area contributed by atoms with Crippen molar-refractivity contribution in [2.24, 2.45) is 0 Å². The van der Waals surface area contributed by atoms with E-state index in [1.54, 1.807) is 12.1 Å². The van der Waals surface area contributed by atoms with E-state index in [0.717, 1.165) is 23.5 Å². The molecule has 0 spiro atoms. The summed E-state index contributed by atoms with van der Waals surface area (Å²) in [7, 11) is 2.03. The number of hydrogen-bond donors (Lipinski definition) is 2. The second kappa shape index (κ2) is 4.78. The van der Waals surface area contributed by atoms with Crippen LogP contribution in [0, 0.1) is 0 Å². The summed E-state index contributed by atoms with van der Waals surface area (Å²) in [6.07, 6.45) is 0. The van der Waals surface area contributed by atoms with E-state index in [1.807, 2.05) is 43.4 Å².